The van der Waals surface area contributed by atoms with Crippen molar-refractivity contribution in [1.29, 1.82) is 0 Å². The molecular formula is C12H16IN3O2S. The highest BCUT2D eigenvalue weighted by atomic mass is 127. The number of halogens is 1. The summed E-state index contributed by atoms with van der Waals surface area (Å²) in [5.41, 5.74) is 0.672. The van der Waals surface area contributed by atoms with Gasteiger partial charge in [-0.25, -0.2) is 0 Å². The molecule has 0 saturated carbocycles. The second kappa shape index (κ2) is 6.67. The number of hydrogen-bond acceptors (Lipinski definition) is 4. The fraction of sp³-hybridized carbons (Fsp3) is 0.500. The maximum Gasteiger partial charge on any atom is 0.255 e. The molecule has 0 spiro atoms. The minimum absolute atomic E-state index is 0.0584. The molecule has 0 radical (unpaired) electrons. The first-order valence-corrected chi connectivity index (χ1v) is 8.12. The molecule has 2 heterocycles. The standard InChI is InChI=1S/C12H16IN3O2S/c1-2-15-11(17)9-6-14-3-4-16(9)12(18)8-5-10(13)19-7-8/h5,7,9,14H,2-4,6H2,1H3,(H,15,17). The van der Waals surface area contributed by atoms with Crippen molar-refractivity contribution in [2.75, 3.05) is 26.2 Å². The molecule has 7 heteroatoms. The molecule has 5 nitrogen and oxygen atoms in total. The second-order valence-corrected chi connectivity index (χ2v) is 7.06. The van der Waals surface area contributed by atoms with E-state index in [2.05, 4.69) is 33.2 Å². The number of likely N-dealkylation sites (N-methyl/N-ethyl adjacent to an activating group) is 1. The number of thiophene rings is 1. The second-order valence-electron chi connectivity index (χ2n) is 4.25. The monoisotopic (exact) mass is 393 g/mol. The van der Waals surface area contributed by atoms with E-state index >= 15 is 0 Å². The van der Waals surface area contributed by atoms with Gasteiger partial charge in [-0.05, 0) is 35.6 Å². The molecule has 1 fully saturated rings. The van der Waals surface area contributed by atoms with Gasteiger partial charge in [-0.2, -0.15) is 0 Å². The van der Waals surface area contributed by atoms with Crippen LogP contribution in [0, 0.1) is 2.88 Å². The third kappa shape index (κ3) is 3.46. The minimum atomic E-state index is -0.418. The van der Waals surface area contributed by atoms with Crippen molar-refractivity contribution in [2.24, 2.45) is 0 Å². The van der Waals surface area contributed by atoms with Crippen molar-refractivity contribution < 1.29 is 9.59 Å². The summed E-state index contributed by atoms with van der Waals surface area (Å²) in [6, 6.07) is 1.45. The fourth-order valence-electron chi connectivity index (χ4n) is 2.06. The molecular weight excluding hydrogens is 377 g/mol. The summed E-state index contributed by atoms with van der Waals surface area (Å²) < 4.78 is 1.07. The van der Waals surface area contributed by atoms with Crippen molar-refractivity contribution in [3.8, 4) is 0 Å². The lowest BCUT2D eigenvalue weighted by molar-refractivity contribution is -0.126. The van der Waals surface area contributed by atoms with E-state index in [1.807, 2.05) is 18.4 Å². The van der Waals surface area contributed by atoms with Crippen LogP contribution in [0.25, 0.3) is 0 Å². The van der Waals surface area contributed by atoms with Crippen LogP contribution >= 0.6 is 33.9 Å². The third-order valence-electron chi connectivity index (χ3n) is 2.97. The lowest BCUT2D eigenvalue weighted by Gasteiger charge is -2.35. The topological polar surface area (TPSA) is 61.4 Å². The van der Waals surface area contributed by atoms with Crippen LogP contribution in [0.5, 0.6) is 0 Å². The minimum Gasteiger partial charge on any atom is -0.355 e. The lowest BCUT2D eigenvalue weighted by atomic mass is 10.1. The number of nitrogens with zero attached hydrogens (tertiary/aromatic N) is 1. The first kappa shape index (κ1) is 14.7. The first-order chi connectivity index (χ1) is 9.13. The molecule has 1 aliphatic heterocycles. The molecule has 1 aromatic rings. The SMILES string of the molecule is CCNC(=O)C1CNCCN1C(=O)c1csc(I)c1. The van der Waals surface area contributed by atoms with Gasteiger partial charge in [-0.15, -0.1) is 11.3 Å². The molecule has 0 bridgehead atoms. The van der Waals surface area contributed by atoms with Gasteiger partial charge in [-0.1, -0.05) is 0 Å². The normalized spacial score (nSPS) is 19.3. The average Bonchev–Trinajstić information content (AvgIpc) is 2.85. The van der Waals surface area contributed by atoms with Crippen molar-refractivity contribution >= 4 is 45.7 Å². The van der Waals surface area contributed by atoms with Gasteiger partial charge in [0.2, 0.25) is 5.91 Å². The Morgan fingerprint density at radius 3 is 3.05 bits per heavy atom. The van der Waals surface area contributed by atoms with Crippen LogP contribution in [-0.2, 0) is 4.79 Å². The maximum absolute atomic E-state index is 12.5. The van der Waals surface area contributed by atoms with Gasteiger partial charge in [0.05, 0.1) is 8.45 Å². The molecule has 104 valence electrons. The number of piperazine rings is 1. The number of nitrogens with one attached hydrogen (secondary N) is 2. The van der Waals surface area contributed by atoms with Crippen LogP contribution < -0.4 is 10.6 Å². The van der Waals surface area contributed by atoms with Crippen molar-refractivity contribution in [3.05, 3.63) is 19.9 Å². The van der Waals surface area contributed by atoms with Crippen molar-refractivity contribution in [2.45, 2.75) is 13.0 Å². The van der Waals surface area contributed by atoms with Gasteiger partial charge in [0.15, 0.2) is 0 Å². The van der Waals surface area contributed by atoms with Crippen molar-refractivity contribution in [3.63, 3.8) is 0 Å². The van der Waals surface area contributed by atoms with Gasteiger partial charge in [0.25, 0.3) is 5.91 Å². The Kier molecular flexibility index (Phi) is 5.17. The van der Waals surface area contributed by atoms with Crippen LogP contribution in [0.1, 0.15) is 17.3 Å². The van der Waals surface area contributed by atoms with Gasteiger partial charge >= 0.3 is 0 Å². The Morgan fingerprint density at radius 2 is 2.42 bits per heavy atom. The predicted octanol–water partition coefficient (Wildman–Crippen LogP) is 0.903. The number of rotatable bonds is 3. The third-order valence-corrected chi connectivity index (χ3v) is 4.76. The van der Waals surface area contributed by atoms with Crippen LogP contribution in [0.2, 0.25) is 0 Å². The van der Waals surface area contributed by atoms with Gasteiger partial charge < -0.3 is 15.5 Å². The number of hydrogen-bond donors (Lipinski definition) is 2. The van der Waals surface area contributed by atoms with E-state index in [9.17, 15) is 9.59 Å². The van der Waals surface area contributed by atoms with Crippen LogP contribution in [0.3, 0.4) is 0 Å². The zero-order chi connectivity index (χ0) is 13.8. The van der Waals surface area contributed by atoms with E-state index in [1.165, 1.54) is 11.3 Å². The maximum atomic E-state index is 12.5. The molecule has 1 aromatic heterocycles. The zero-order valence-electron chi connectivity index (χ0n) is 10.6. The lowest BCUT2D eigenvalue weighted by Crippen LogP contribution is -2.59. The van der Waals surface area contributed by atoms with Crippen LogP contribution in [0.15, 0.2) is 11.4 Å². The summed E-state index contributed by atoms with van der Waals surface area (Å²) in [5, 5.41) is 7.80. The van der Waals surface area contributed by atoms with E-state index in [1.54, 1.807) is 4.90 Å². The highest BCUT2D eigenvalue weighted by Gasteiger charge is 2.32. The predicted molar refractivity (Wildman–Crippen MR) is 83.4 cm³/mol. The van der Waals surface area contributed by atoms with Gasteiger partial charge in [0.1, 0.15) is 6.04 Å². The van der Waals surface area contributed by atoms with E-state index < -0.39 is 6.04 Å². The molecule has 19 heavy (non-hydrogen) atoms. The van der Waals surface area contributed by atoms with Crippen molar-refractivity contribution in [1.82, 2.24) is 15.5 Å². The number of carbonyl (C=O) groups excluding carboxylic acids is 2. The van der Waals surface area contributed by atoms with E-state index in [-0.39, 0.29) is 11.8 Å². The molecule has 1 unspecified atom stereocenters. The number of carbonyl (C=O) groups is 2. The molecule has 1 aliphatic rings. The summed E-state index contributed by atoms with van der Waals surface area (Å²) >= 11 is 3.73. The molecule has 2 amide bonds. The quantitative estimate of drug-likeness (QED) is 0.751. The molecule has 0 aliphatic carbocycles. The summed E-state index contributed by atoms with van der Waals surface area (Å²) in [5.74, 6) is -0.148. The summed E-state index contributed by atoms with van der Waals surface area (Å²) in [6.45, 7) is 4.25. The Hall–Kier alpha value is -0.670. The average molecular weight is 393 g/mol. The smallest absolute Gasteiger partial charge is 0.255 e. The first-order valence-electron chi connectivity index (χ1n) is 6.17. The Balaban J connectivity index is 2.15. The van der Waals surface area contributed by atoms with E-state index in [4.69, 9.17) is 0 Å². The summed E-state index contributed by atoms with van der Waals surface area (Å²) in [6.07, 6.45) is 0. The van der Waals surface area contributed by atoms with Gasteiger partial charge in [0, 0.05) is 31.6 Å². The molecule has 2 N–H and O–H groups in total. The molecule has 0 aromatic carbocycles. The summed E-state index contributed by atoms with van der Waals surface area (Å²) in [4.78, 5) is 26.1. The Labute approximate surface area is 129 Å². The molecule has 1 atom stereocenters. The Morgan fingerprint density at radius 1 is 1.63 bits per heavy atom. The zero-order valence-corrected chi connectivity index (χ0v) is 13.6. The van der Waals surface area contributed by atoms with Gasteiger partial charge in [-0.3, -0.25) is 9.59 Å². The highest BCUT2D eigenvalue weighted by Crippen LogP contribution is 2.19. The largest absolute Gasteiger partial charge is 0.355 e. The summed E-state index contributed by atoms with van der Waals surface area (Å²) in [7, 11) is 0. The number of amides is 2. The fourth-order valence-corrected chi connectivity index (χ4v) is 3.38. The molecule has 2 rings (SSSR count). The highest BCUT2D eigenvalue weighted by molar-refractivity contribution is 14.1. The van der Waals surface area contributed by atoms with Crippen LogP contribution in [0.4, 0.5) is 0 Å². The Bertz CT molecular complexity index is 477. The van der Waals surface area contributed by atoms with Crippen LogP contribution in [-0.4, -0.2) is 48.9 Å². The van der Waals surface area contributed by atoms with E-state index in [0.717, 1.165) is 9.43 Å². The molecule has 1 saturated heterocycles. The van der Waals surface area contributed by atoms with E-state index in [0.29, 0.717) is 25.2 Å².